The van der Waals surface area contributed by atoms with Crippen LogP contribution in [-0.4, -0.2) is 34.6 Å². The van der Waals surface area contributed by atoms with Crippen molar-refractivity contribution in [2.45, 2.75) is 62.0 Å². The predicted octanol–water partition coefficient (Wildman–Crippen LogP) is 6.52. The van der Waals surface area contributed by atoms with Gasteiger partial charge in [0.2, 0.25) is 11.8 Å². The fourth-order valence-electron chi connectivity index (χ4n) is 4.65. The number of hydrogen-bond acceptors (Lipinski definition) is 3. The van der Waals surface area contributed by atoms with E-state index in [2.05, 4.69) is 5.32 Å². The molecular formula is C30H33ClN2O2S. The zero-order valence-corrected chi connectivity index (χ0v) is 22.0. The molecule has 1 aliphatic carbocycles. The van der Waals surface area contributed by atoms with Gasteiger partial charge in [0, 0.05) is 41.1 Å². The van der Waals surface area contributed by atoms with E-state index in [0.717, 1.165) is 41.7 Å². The van der Waals surface area contributed by atoms with Crippen molar-refractivity contribution in [3.05, 3.63) is 101 Å². The Morgan fingerprint density at radius 1 is 0.917 bits per heavy atom. The van der Waals surface area contributed by atoms with Crippen LogP contribution >= 0.6 is 23.4 Å². The lowest BCUT2D eigenvalue weighted by Crippen LogP contribution is -2.52. The van der Waals surface area contributed by atoms with E-state index in [0.29, 0.717) is 30.2 Å². The fraction of sp³-hybridized carbons (Fsp3) is 0.333. The third-order valence-electron chi connectivity index (χ3n) is 6.60. The van der Waals surface area contributed by atoms with Gasteiger partial charge in [0.15, 0.2) is 0 Å². The van der Waals surface area contributed by atoms with Gasteiger partial charge in [-0.25, -0.2) is 0 Å². The SMILES string of the molecule is O=C(NC1CCCC1)C(Cc1ccccc1)N(Cc1ccccc1Cl)C(=O)CCSc1ccccc1. The molecule has 1 N–H and O–H groups in total. The highest BCUT2D eigenvalue weighted by molar-refractivity contribution is 7.99. The highest BCUT2D eigenvalue weighted by atomic mass is 35.5. The van der Waals surface area contributed by atoms with E-state index in [1.807, 2.05) is 84.9 Å². The van der Waals surface area contributed by atoms with Crippen LogP contribution in [0.25, 0.3) is 0 Å². The Kier molecular flexibility index (Phi) is 9.88. The second-order valence-electron chi connectivity index (χ2n) is 9.22. The number of carbonyl (C=O) groups excluding carboxylic acids is 2. The van der Waals surface area contributed by atoms with Crippen LogP contribution in [0.1, 0.15) is 43.2 Å². The van der Waals surface area contributed by atoms with Gasteiger partial charge in [-0.1, -0.05) is 91.2 Å². The first kappa shape index (κ1) is 26.3. The Hall–Kier alpha value is -2.76. The molecule has 4 rings (SSSR count). The minimum atomic E-state index is -0.613. The Balaban J connectivity index is 1.57. The molecule has 1 unspecified atom stereocenters. The maximum absolute atomic E-state index is 13.7. The van der Waals surface area contributed by atoms with E-state index in [-0.39, 0.29) is 17.9 Å². The number of benzene rings is 3. The van der Waals surface area contributed by atoms with Gasteiger partial charge >= 0.3 is 0 Å². The first-order valence-corrected chi connectivity index (χ1v) is 14.0. The lowest BCUT2D eigenvalue weighted by molar-refractivity contribution is -0.141. The van der Waals surface area contributed by atoms with Crippen LogP contribution in [0.5, 0.6) is 0 Å². The molecule has 3 aromatic carbocycles. The van der Waals surface area contributed by atoms with Crippen LogP contribution in [0.4, 0.5) is 0 Å². The molecule has 36 heavy (non-hydrogen) atoms. The normalized spacial score (nSPS) is 14.4. The van der Waals surface area contributed by atoms with Gasteiger partial charge < -0.3 is 10.2 Å². The average molecular weight is 521 g/mol. The van der Waals surface area contributed by atoms with Gasteiger partial charge in [0.25, 0.3) is 0 Å². The van der Waals surface area contributed by atoms with Crippen LogP contribution in [0, 0.1) is 0 Å². The summed E-state index contributed by atoms with van der Waals surface area (Å²) in [7, 11) is 0. The Morgan fingerprint density at radius 3 is 2.25 bits per heavy atom. The smallest absolute Gasteiger partial charge is 0.243 e. The summed E-state index contributed by atoms with van der Waals surface area (Å²) in [5, 5.41) is 3.85. The lowest BCUT2D eigenvalue weighted by Gasteiger charge is -2.32. The number of amides is 2. The van der Waals surface area contributed by atoms with Crippen LogP contribution in [0.3, 0.4) is 0 Å². The average Bonchev–Trinajstić information content (AvgIpc) is 3.41. The van der Waals surface area contributed by atoms with Gasteiger partial charge in [-0.3, -0.25) is 9.59 Å². The molecule has 188 valence electrons. The van der Waals surface area contributed by atoms with Crippen molar-refractivity contribution < 1.29 is 9.59 Å². The van der Waals surface area contributed by atoms with Crippen molar-refractivity contribution >= 4 is 35.2 Å². The van der Waals surface area contributed by atoms with E-state index in [4.69, 9.17) is 11.6 Å². The minimum Gasteiger partial charge on any atom is -0.352 e. The molecule has 4 nitrogen and oxygen atoms in total. The predicted molar refractivity (Wildman–Crippen MR) is 148 cm³/mol. The second-order valence-corrected chi connectivity index (χ2v) is 10.8. The third-order valence-corrected chi connectivity index (χ3v) is 7.98. The van der Waals surface area contributed by atoms with Gasteiger partial charge in [-0.2, -0.15) is 0 Å². The van der Waals surface area contributed by atoms with Crippen molar-refractivity contribution in [2.75, 3.05) is 5.75 Å². The number of rotatable bonds is 11. The van der Waals surface area contributed by atoms with Crippen LogP contribution < -0.4 is 5.32 Å². The maximum atomic E-state index is 13.7. The molecule has 2 amide bonds. The third kappa shape index (κ3) is 7.62. The maximum Gasteiger partial charge on any atom is 0.243 e. The molecule has 0 spiro atoms. The minimum absolute atomic E-state index is 0.0409. The molecule has 3 aromatic rings. The Bertz CT molecular complexity index is 1120. The van der Waals surface area contributed by atoms with Crippen LogP contribution in [-0.2, 0) is 22.6 Å². The van der Waals surface area contributed by atoms with E-state index in [1.165, 1.54) is 0 Å². The summed E-state index contributed by atoms with van der Waals surface area (Å²) in [5.74, 6) is 0.521. The Labute approximate surface area is 223 Å². The summed E-state index contributed by atoms with van der Waals surface area (Å²) in [4.78, 5) is 30.3. The summed E-state index contributed by atoms with van der Waals surface area (Å²) in [6.45, 7) is 0.296. The molecule has 1 saturated carbocycles. The molecule has 0 heterocycles. The van der Waals surface area contributed by atoms with Gasteiger partial charge in [-0.15, -0.1) is 11.8 Å². The molecule has 0 radical (unpaired) electrons. The van der Waals surface area contributed by atoms with Crippen molar-refractivity contribution in [2.24, 2.45) is 0 Å². The van der Waals surface area contributed by atoms with Crippen molar-refractivity contribution in [3.63, 3.8) is 0 Å². The number of nitrogens with zero attached hydrogens (tertiary/aromatic N) is 1. The van der Waals surface area contributed by atoms with Gasteiger partial charge in [-0.05, 0) is 42.2 Å². The molecule has 0 aromatic heterocycles. The molecular weight excluding hydrogens is 488 g/mol. The highest BCUT2D eigenvalue weighted by Crippen LogP contribution is 2.24. The van der Waals surface area contributed by atoms with Crippen molar-refractivity contribution in [3.8, 4) is 0 Å². The number of halogens is 1. The fourth-order valence-corrected chi connectivity index (χ4v) is 5.71. The molecule has 0 aliphatic heterocycles. The summed E-state index contributed by atoms with van der Waals surface area (Å²) >= 11 is 8.15. The number of nitrogens with one attached hydrogen (secondary N) is 1. The molecule has 6 heteroatoms. The van der Waals surface area contributed by atoms with Crippen molar-refractivity contribution in [1.29, 1.82) is 0 Å². The lowest BCUT2D eigenvalue weighted by atomic mass is 10.0. The quantitative estimate of drug-likeness (QED) is 0.293. The standard InChI is InChI=1S/C30H33ClN2O2S/c31-27-18-10-7-13-24(27)22-33(29(34)19-20-36-26-16-5-2-6-17-26)28(21-23-11-3-1-4-12-23)30(35)32-25-14-8-9-15-25/h1-7,10-13,16-18,25,28H,8-9,14-15,19-22H2,(H,32,35). The van der Waals surface area contributed by atoms with E-state index in [1.54, 1.807) is 16.7 Å². The largest absolute Gasteiger partial charge is 0.352 e. The second kappa shape index (κ2) is 13.5. The topological polar surface area (TPSA) is 49.4 Å². The molecule has 0 bridgehead atoms. The molecule has 1 atom stereocenters. The van der Waals surface area contributed by atoms with E-state index < -0.39 is 6.04 Å². The first-order valence-electron chi connectivity index (χ1n) is 12.6. The van der Waals surface area contributed by atoms with Crippen LogP contribution in [0.2, 0.25) is 5.02 Å². The number of carbonyl (C=O) groups is 2. The first-order chi connectivity index (χ1) is 17.6. The summed E-state index contributed by atoms with van der Waals surface area (Å²) in [6, 6.07) is 27.1. The summed E-state index contributed by atoms with van der Waals surface area (Å²) in [6.07, 6.45) is 5.06. The van der Waals surface area contributed by atoms with E-state index in [9.17, 15) is 9.59 Å². The van der Waals surface area contributed by atoms with Crippen LogP contribution in [0.15, 0.2) is 89.8 Å². The number of thioether (sulfide) groups is 1. The summed E-state index contributed by atoms with van der Waals surface area (Å²) < 4.78 is 0. The molecule has 0 saturated heterocycles. The van der Waals surface area contributed by atoms with E-state index >= 15 is 0 Å². The highest BCUT2D eigenvalue weighted by Gasteiger charge is 2.32. The van der Waals surface area contributed by atoms with Gasteiger partial charge in [0.05, 0.1) is 0 Å². The molecule has 1 fully saturated rings. The van der Waals surface area contributed by atoms with Gasteiger partial charge in [0.1, 0.15) is 6.04 Å². The monoisotopic (exact) mass is 520 g/mol. The number of hydrogen-bond donors (Lipinski definition) is 1. The zero-order chi connectivity index (χ0) is 25.2. The summed E-state index contributed by atoms with van der Waals surface area (Å²) in [5.41, 5.74) is 1.87. The Morgan fingerprint density at radius 2 is 1.56 bits per heavy atom. The molecule has 1 aliphatic rings. The zero-order valence-electron chi connectivity index (χ0n) is 20.4. The van der Waals surface area contributed by atoms with Crippen molar-refractivity contribution in [1.82, 2.24) is 10.2 Å².